The maximum absolute atomic E-state index is 10.5. The molecular weight excluding hydrogens is 186 g/mol. The summed E-state index contributed by atoms with van der Waals surface area (Å²) >= 11 is 3.95. The molecule has 0 spiro atoms. The third-order valence-corrected chi connectivity index (χ3v) is 1.74. The van der Waals surface area contributed by atoms with Gasteiger partial charge in [-0.15, -0.1) is 0 Å². The second kappa shape index (κ2) is 4.85. The van der Waals surface area contributed by atoms with E-state index < -0.39 is 12.0 Å². The topological polar surface area (TPSA) is 37.3 Å². The highest BCUT2D eigenvalue weighted by Gasteiger charge is 2.29. The van der Waals surface area contributed by atoms with Gasteiger partial charge in [0, 0.05) is 0 Å². The van der Waals surface area contributed by atoms with Crippen LogP contribution in [0.5, 0.6) is 0 Å². The summed E-state index contributed by atoms with van der Waals surface area (Å²) in [4.78, 5) is 10.5. The van der Waals surface area contributed by atoms with Crippen LogP contribution < -0.4 is 12.4 Å². The van der Waals surface area contributed by atoms with Crippen LogP contribution in [0, 0.1) is 0 Å². The maximum atomic E-state index is 10.5. The van der Waals surface area contributed by atoms with Crippen molar-refractivity contribution in [3.63, 3.8) is 0 Å². The second-order valence-corrected chi connectivity index (χ2v) is 3.52. The van der Waals surface area contributed by atoms with Gasteiger partial charge in [0.15, 0.2) is 6.04 Å². The molecule has 0 heterocycles. The number of aliphatic carboxylic acids is 1. The monoisotopic (exact) mass is 199 g/mol. The van der Waals surface area contributed by atoms with Gasteiger partial charge in [0.1, 0.15) is 0 Å². The van der Waals surface area contributed by atoms with E-state index >= 15 is 0 Å². The van der Waals surface area contributed by atoms with Crippen molar-refractivity contribution in [2.24, 2.45) is 0 Å². The third-order valence-electron chi connectivity index (χ3n) is 1.39. The van der Waals surface area contributed by atoms with Crippen molar-refractivity contribution in [2.75, 3.05) is 26.9 Å². The summed E-state index contributed by atoms with van der Waals surface area (Å²) in [6.45, 7) is 0. The zero-order chi connectivity index (χ0) is 8.36. The average Bonchev–Trinajstić information content (AvgIpc) is 1.60. The van der Waals surface area contributed by atoms with Gasteiger partial charge in [-0.2, -0.15) is 12.6 Å². The van der Waals surface area contributed by atoms with Gasteiger partial charge in [0.05, 0.1) is 26.9 Å². The molecule has 0 unspecified atom stereocenters. The Labute approximate surface area is 78.8 Å². The molecule has 11 heavy (non-hydrogen) atoms. The molecule has 5 heteroatoms. The molecular formula is C6H14ClNO2S. The predicted octanol–water partition coefficient (Wildman–Crippen LogP) is -2.92. The van der Waals surface area contributed by atoms with Gasteiger partial charge in [0.2, 0.25) is 0 Å². The number of rotatable bonds is 3. The molecule has 0 aliphatic heterocycles. The fourth-order valence-corrected chi connectivity index (χ4v) is 1.30. The normalized spacial score (nSPS) is 13.5. The fourth-order valence-electron chi connectivity index (χ4n) is 0.654. The lowest BCUT2D eigenvalue weighted by Crippen LogP contribution is -3.00. The molecule has 0 amide bonds. The van der Waals surface area contributed by atoms with Crippen molar-refractivity contribution in [2.45, 2.75) is 6.04 Å². The highest BCUT2D eigenvalue weighted by Crippen LogP contribution is 2.04. The zero-order valence-corrected chi connectivity index (χ0v) is 8.56. The lowest BCUT2D eigenvalue weighted by molar-refractivity contribution is -0.884. The van der Waals surface area contributed by atoms with Gasteiger partial charge in [-0.05, 0) is 0 Å². The lowest BCUT2D eigenvalue weighted by Gasteiger charge is -2.29. The number of quaternary nitrogens is 1. The van der Waals surface area contributed by atoms with E-state index in [9.17, 15) is 4.79 Å². The number of carboxylic acids is 1. The van der Waals surface area contributed by atoms with Gasteiger partial charge in [-0.1, -0.05) is 0 Å². The third kappa shape index (κ3) is 4.50. The standard InChI is InChI=1S/C6H13NO2S.ClH/c1-7(2,3)5(4-10)6(8)9;/h5H,4H2,1-3H3,(H-,8,9,10);1H/t5-;/m0./s1. The Kier molecular flexibility index (Phi) is 6.02. The number of hydrogen-bond acceptors (Lipinski definition) is 2. The van der Waals surface area contributed by atoms with Gasteiger partial charge >= 0.3 is 5.97 Å². The van der Waals surface area contributed by atoms with E-state index in [1.165, 1.54) is 0 Å². The summed E-state index contributed by atoms with van der Waals surface area (Å²) in [6, 6.07) is -0.414. The SMILES string of the molecule is C[N+](C)(C)[C@@H](CS)C(=O)O.[Cl-]. The molecule has 0 saturated heterocycles. The molecule has 0 rings (SSSR count). The van der Waals surface area contributed by atoms with Gasteiger partial charge in [-0.3, -0.25) is 0 Å². The van der Waals surface area contributed by atoms with Crippen LogP contribution in [-0.4, -0.2) is 48.5 Å². The number of carboxylic acid groups (broad SMARTS) is 1. The lowest BCUT2D eigenvalue weighted by atomic mass is 10.3. The van der Waals surface area contributed by atoms with Crippen LogP contribution in [0.2, 0.25) is 0 Å². The minimum atomic E-state index is -0.789. The number of hydrogen-bond donors (Lipinski definition) is 2. The first kappa shape index (κ1) is 13.6. The van der Waals surface area contributed by atoms with Gasteiger partial charge < -0.3 is 22.0 Å². The van der Waals surface area contributed by atoms with Crippen LogP contribution in [0.4, 0.5) is 0 Å². The quantitative estimate of drug-likeness (QED) is 0.378. The minimum Gasteiger partial charge on any atom is -1.00 e. The molecule has 0 radical (unpaired) electrons. The summed E-state index contributed by atoms with van der Waals surface area (Å²) in [7, 11) is 5.53. The van der Waals surface area contributed by atoms with Crippen molar-refractivity contribution >= 4 is 18.6 Å². The Morgan fingerprint density at radius 3 is 1.91 bits per heavy atom. The number of halogens is 1. The molecule has 68 valence electrons. The van der Waals surface area contributed by atoms with Crippen LogP contribution in [0.3, 0.4) is 0 Å². The summed E-state index contributed by atoms with van der Waals surface area (Å²) in [5, 5.41) is 8.64. The second-order valence-electron chi connectivity index (χ2n) is 3.15. The smallest absolute Gasteiger partial charge is 0.363 e. The Morgan fingerprint density at radius 1 is 1.55 bits per heavy atom. The van der Waals surface area contributed by atoms with Crippen LogP contribution in [-0.2, 0) is 4.79 Å². The van der Waals surface area contributed by atoms with Crippen molar-refractivity contribution in [1.82, 2.24) is 0 Å². The minimum absolute atomic E-state index is 0. The number of carbonyl (C=O) groups is 1. The highest BCUT2D eigenvalue weighted by molar-refractivity contribution is 7.80. The molecule has 0 saturated carbocycles. The fraction of sp³-hybridized carbons (Fsp3) is 0.833. The molecule has 0 aromatic heterocycles. The first-order chi connectivity index (χ1) is 4.39. The van der Waals surface area contributed by atoms with Gasteiger partial charge in [0.25, 0.3) is 0 Å². The Balaban J connectivity index is 0. The predicted molar refractivity (Wildman–Crippen MR) is 43.3 cm³/mol. The van der Waals surface area contributed by atoms with Crippen molar-refractivity contribution in [3.05, 3.63) is 0 Å². The van der Waals surface area contributed by atoms with Crippen LogP contribution in [0.1, 0.15) is 0 Å². The maximum Gasteiger partial charge on any atom is 0.363 e. The molecule has 1 N–H and O–H groups in total. The van der Waals surface area contributed by atoms with E-state index in [1.807, 2.05) is 21.1 Å². The summed E-state index contributed by atoms with van der Waals surface area (Å²) in [5.74, 6) is -0.416. The first-order valence-electron chi connectivity index (χ1n) is 3.04. The molecule has 0 aliphatic carbocycles. The van der Waals surface area contributed by atoms with Crippen molar-refractivity contribution in [3.8, 4) is 0 Å². The van der Waals surface area contributed by atoms with Gasteiger partial charge in [-0.25, -0.2) is 4.79 Å². The first-order valence-corrected chi connectivity index (χ1v) is 3.67. The largest absolute Gasteiger partial charge is 1.00 e. The molecule has 0 bridgehead atoms. The summed E-state index contributed by atoms with van der Waals surface area (Å²) in [6.07, 6.45) is 0. The van der Waals surface area contributed by atoms with Crippen LogP contribution in [0.25, 0.3) is 0 Å². The van der Waals surface area contributed by atoms with E-state index in [-0.39, 0.29) is 12.4 Å². The van der Waals surface area contributed by atoms with Crippen molar-refractivity contribution < 1.29 is 26.8 Å². The van der Waals surface area contributed by atoms with E-state index in [0.29, 0.717) is 10.2 Å². The summed E-state index contributed by atoms with van der Waals surface area (Å²) < 4.78 is 0.416. The van der Waals surface area contributed by atoms with E-state index in [1.54, 1.807) is 0 Å². The van der Waals surface area contributed by atoms with Crippen LogP contribution >= 0.6 is 12.6 Å². The average molecular weight is 200 g/mol. The Bertz CT molecular complexity index is 135. The van der Waals surface area contributed by atoms with Crippen molar-refractivity contribution in [1.29, 1.82) is 0 Å². The number of thiol groups is 1. The summed E-state index contributed by atoms with van der Waals surface area (Å²) in [5.41, 5.74) is 0. The molecule has 0 fully saturated rings. The number of nitrogens with zero attached hydrogens (tertiary/aromatic N) is 1. The van der Waals surface area contributed by atoms with Crippen LogP contribution in [0.15, 0.2) is 0 Å². The molecule has 0 aromatic carbocycles. The Morgan fingerprint density at radius 2 is 1.91 bits per heavy atom. The van der Waals surface area contributed by atoms with E-state index in [2.05, 4.69) is 12.6 Å². The molecule has 1 atom stereocenters. The van der Waals surface area contributed by atoms with E-state index in [4.69, 9.17) is 5.11 Å². The molecule has 0 aliphatic rings. The molecule has 3 nitrogen and oxygen atoms in total. The highest BCUT2D eigenvalue weighted by atomic mass is 35.5. The van der Waals surface area contributed by atoms with E-state index in [0.717, 1.165) is 0 Å². The number of likely N-dealkylation sites (N-methyl/N-ethyl adjacent to an activating group) is 1. The molecule has 0 aromatic rings. The Hall–Kier alpha value is 0.0700. The zero-order valence-electron chi connectivity index (χ0n) is 6.91.